The fourth-order valence-electron chi connectivity index (χ4n) is 2.36. The van der Waals surface area contributed by atoms with Gasteiger partial charge in [0.15, 0.2) is 0 Å². The second kappa shape index (κ2) is 4.01. The number of piperazine rings is 1. The molecule has 2 fully saturated rings. The van der Waals surface area contributed by atoms with Gasteiger partial charge in [0.1, 0.15) is 5.60 Å². The number of halogens is 3. The molecule has 18 heavy (non-hydrogen) atoms. The Morgan fingerprint density at radius 3 is 2.44 bits per heavy atom. The van der Waals surface area contributed by atoms with E-state index in [0.29, 0.717) is 6.54 Å². The predicted octanol–water partition coefficient (Wildman–Crippen LogP) is 1.76. The first-order valence-electron chi connectivity index (χ1n) is 5.91. The summed E-state index contributed by atoms with van der Waals surface area (Å²) in [6, 6.07) is -1.49. The molecule has 7 heteroatoms. The molecule has 1 saturated carbocycles. The summed E-state index contributed by atoms with van der Waals surface area (Å²) in [5, 5.41) is 2.79. The average Bonchev–Trinajstić information content (AvgIpc) is 2.86. The van der Waals surface area contributed by atoms with Crippen molar-refractivity contribution >= 4 is 6.09 Å². The van der Waals surface area contributed by atoms with Crippen LogP contribution in [-0.2, 0) is 4.74 Å². The van der Waals surface area contributed by atoms with Crippen LogP contribution in [0.4, 0.5) is 18.0 Å². The van der Waals surface area contributed by atoms with Crippen molar-refractivity contribution in [2.45, 2.75) is 44.6 Å². The lowest BCUT2D eigenvalue weighted by Gasteiger charge is -2.30. The number of carbonyl (C=O) groups excluding carboxylic acids is 1. The summed E-state index contributed by atoms with van der Waals surface area (Å²) >= 11 is 0. The monoisotopic (exact) mass is 266 g/mol. The van der Waals surface area contributed by atoms with Gasteiger partial charge in [0.2, 0.25) is 0 Å². The number of hydrogen-bond donors (Lipinski definition) is 1. The molecule has 0 bridgehead atoms. The average molecular weight is 266 g/mol. The Hall–Kier alpha value is -0.980. The molecular formula is C11H17F3N2O2. The van der Waals surface area contributed by atoms with Crippen molar-refractivity contribution in [1.82, 2.24) is 10.2 Å². The van der Waals surface area contributed by atoms with Crippen molar-refractivity contribution in [2.24, 2.45) is 5.92 Å². The van der Waals surface area contributed by atoms with Crippen molar-refractivity contribution in [2.75, 3.05) is 13.1 Å². The highest BCUT2D eigenvalue weighted by Crippen LogP contribution is 2.49. The van der Waals surface area contributed by atoms with E-state index in [0.717, 1.165) is 0 Å². The summed E-state index contributed by atoms with van der Waals surface area (Å²) in [7, 11) is 0. The lowest BCUT2D eigenvalue weighted by molar-refractivity contribution is -0.152. The topological polar surface area (TPSA) is 41.6 Å². The minimum absolute atomic E-state index is 0.253. The normalized spacial score (nSPS) is 31.9. The number of fused-ring (bicyclic) bond motifs is 1. The zero-order valence-corrected chi connectivity index (χ0v) is 10.5. The van der Waals surface area contributed by atoms with Gasteiger partial charge in [0, 0.05) is 19.1 Å². The van der Waals surface area contributed by atoms with Gasteiger partial charge in [-0.15, -0.1) is 0 Å². The molecule has 0 aromatic rings. The van der Waals surface area contributed by atoms with Crippen LogP contribution in [0.2, 0.25) is 0 Å². The number of nitrogens with one attached hydrogen (secondary N) is 1. The summed E-state index contributed by atoms with van der Waals surface area (Å²) in [5.41, 5.74) is -0.694. The van der Waals surface area contributed by atoms with Gasteiger partial charge in [-0.3, -0.25) is 0 Å². The van der Waals surface area contributed by atoms with Gasteiger partial charge >= 0.3 is 12.3 Å². The predicted molar refractivity (Wildman–Crippen MR) is 58.1 cm³/mol. The van der Waals surface area contributed by atoms with Crippen LogP contribution in [0.5, 0.6) is 0 Å². The van der Waals surface area contributed by atoms with Crippen molar-refractivity contribution in [3.8, 4) is 0 Å². The third-order valence-electron chi connectivity index (χ3n) is 3.08. The molecule has 2 rings (SSSR count). The van der Waals surface area contributed by atoms with Crippen molar-refractivity contribution in [3.05, 3.63) is 0 Å². The van der Waals surface area contributed by atoms with Crippen LogP contribution in [0, 0.1) is 5.92 Å². The van der Waals surface area contributed by atoms with Gasteiger partial charge in [-0.2, -0.15) is 13.2 Å². The molecule has 2 aliphatic rings. The van der Waals surface area contributed by atoms with Crippen molar-refractivity contribution < 1.29 is 22.7 Å². The minimum Gasteiger partial charge on any atom is -0.444 e. The smallest absolute Gasteiger partial charge is 0.410 e. The highest BCUT2D eigenvalue weighted by Gasteiger charge is 2.68. The Morgan fingerprint density at radius 1 is 1.33 bits per heavy atom. The van der Waals surface area contributed by atoms with Gasteiger partial charge in [0.05, 0.1) is 12.0 Å². The van der Waals surface area contributed by atoms with Crippen LogP contribution in [0.1, 0.15) is 20.8 Å². The van der Waals surface area contributed by atoms with Gasteiger partial charge in [-0.05, 0) is 20.8 Å². The molecule has 0 aromatic heterocycles. The number of carbonyl (C=O) groups is 1. The van der Waals surface area contributed by atoms with Gasteiger partial charge in [-0.25, -0.2) is 4.79 Å². The van der Waals surface area contributed by atoms with Crippen LogP contribution in [0.15, 0.2) is 0 Å². The van der Waals surface area contributed by atoms with Crippen LogP contribution >= 0.6 is 0 Å². The summed E-state index contributed by atoms with van der Waals surface area (Å²) in [6.07, 6.45) is -4.93. The van der Waals surface area contributed by atoms with Crippen LogP contribution in [-0.4, -0.2) is 47.9 Å². The molecule has 0 unspecified atom stereocenters. The first-order chi connectivity index (χ1) is 8.11. The van der Waals surface area contributed by atoms with Crippen LogP contribution < -0.4 is 5.32 Å². The van der Waals surface area contributed by atoms with E-state index in [-0.39, 0.29) is 6.54 Å². The molecule has 3 atom stereocenters. The molecule has 0 radical (unpaired) electrons. The van der Waals surface area contributed by atoms with E-state index in [1.54, 1.807) is 20.8 Å². The molecule has 0 aromatic carbocycles. The molecule has 0 spiro atoms. The van der Waals surface area contributed by atoms with Gasteiger partial charge in [0.25, 0.3) is 0 Å². The third kappa shape index (κ3) is 2.55. The summed E-state index contributed by atoms with van der Waals surface area (Å²) in [4.78, 5) is 13.0. The maximum absolute atomic E-state index is 12.7. The largest absolute Gasteiger partial charge is 0.444 e. The fourth-order valence-corrected chi connectivity index (χ4v) is 2.36. The quantitative estimate of drug-likeness (QED) is 0.726. The summed E-state index contributed by atoms with van der Waals surface area (Å²) in [5.74, 6) is -1.47. The van der Waals surface area contributed by atoms with E-state index in [1.165, 1.54) is 4.90 Å². The van der Waals surface area contributed by atoms with Gasteiger partial charge in [-0.1, -0.05) is 0 Å². The van der Waals surface area contributed by atoms with Crippen LogP contribution in [0.25, 0.3) is 0 Å². The second-order valence-electron chi connectivity index (χ2n) is 5.71. The van der Waals surface area contributed by atoms with Gasteiger partial charge < -0.3 is 15.0 Å². The summed E-state index contributed by atoms with van der Waals surface area (Å²) < 4.78 is 43.2. The highest BCUT2D eigenvalue weighted by molar-refractivity contribution is 5.69. The Balaban J connectivity index is 2.04. The van der Waals surface area contributed by atoms with E-state index in [9.17, 15) is 18.0 Å². The number of ether oxygens (including phenoxy) is 1. The molecule has 4 nitrogen and oxygen atoms in total. The number of nitrogens with zero attached hydrogens (tertiary/aromatic N) is 1. The Bertz CT molecular complexity index is 351. The SMILES string of the molecule is CC(C)(C)OC(=O)N1CCN[C@@H]2[C@H]1[C@H]2C(F)(F)F. The van der Waals surface area contributed by atoms with E-state index in [4.69, 9.17) is 4.74 Å². The molecular weight excluding hydrogens is 249 g/mol. The molecule has 1 aliphatic heterocycles. The van der Waals surface area contributed by atoms with Crippen molar-refractivity contribution in [1.29, 1.82) is 0 Å². The van der Waals surface area contributed by atoms with E-state index in [2.05, 4.69) is 5.32 Å². The first-order valence-corrected chi connectivity index (χ1v) is 5.91. The maximum Gasteiger partial charge on any atom is 0.410 e. The highest BCUT2D eigenvalue weighted by atomic mass is 19.4. The number of hydrogen-bond acceptors (Lipinski definition) is 3. The molecule has 104 valence electrons. The zero-order valence-electron chi connectivity index (χ0n) is 10.5. The molecule has 1 N–H and O–H groups in total. The lowest BCUT2D eigenvalue weighted by atomic mass is 10.2. The second-order valence-corrected chi connectivity index (χ2v) is 5.71. The third-order valence-corrected chi connectivity index (χ3v) is 3.08. The molecule has 1 saturated heterocycles. The van der Waals surface area contributed by atoms with E-state index in [1.807, 2.05) is 0 Å². The first kappa shape index (κ1) is 13.5. The molecule has 1 heterocycles. The maximum atomic E-state index is 12.7. The van der Waals surface area contributed by atoms with Crippen molar-refractivity contribution in [3.63, 3.8) is 0 Å². The Kier molecular flexibility index (Phi) is 3.00. The van der Waals surface area contributed by atoms with E-state index < -0.39 is 35.9 Å². The minimum atomic E-state index is -4.27. The standard InChI is InChI=1S/C11H17F3N2O2/c1-10(2,3)18-9(17)16-5-4-15-7-6(8(7)16)11(12,13)14/h6-8,15H,4-5H2,1-3H3/t6-,7-,8+/m0/s1. The Labute approximate surface area is 103 Å². The van der Waals surface area contributed by atoms with E-state index >= 15 is 0 Å². The molecule has 1 aliphatic carbocycles. The number of alkyl halides is 3. The van der Waals surface area contributed by atoms with Crippen LogP contribution in [0.3, 0.4) is 0 Å². The summed E-state index contributed by atoms with van der Waals surface area (Å²) in [6.45, 7) is 5.70. The lowest BCUT2D eigenvalue weighted by Crippen LogP contribution is -2.48. The number of rotatable bonds is 0. The number of amides is 1. The fraction of sp³-hybridized carbons (Fsp3) is 0.909. The Morgan fingerprint density at radius 2 is 1.94 bits per heavy atom. The molecule has 1 amide bonds. The zero-order chi connectivity index (χ0) is 13.7.